The lowest BCUT2D eigenvalue weighted by Gasteiger charge is -2.15. The zero-order valence-electron chi connectivity index (χ0n) is 9.61. The molecule has 0 aliphatic rings. The molecule has 0 spiro atoms. The van der Waals surface area contributed by atoms with Crippen LogP contribution in [-0.4, -0.2) is 42.9 Å². The Morgan fingerprint density at radius 1 is 1.50 bits per heavy atom. The zero-order chi connectivity index (χ0) is 13.9. The minimum atomic E-state index is -3.84. The van der Waals surface area contributed by atoms with Crippen molar-refractivity contribution in [1.82, 2.24) is 4.31 Å². The van der Waals surface area contributed by atoms with Gasteiger partial charge in [-0.05, 0) is 12.1 Å². The van der Waals surface area contributed by atoms with E-state index in [9.17, 15) is 23.6 Å². The molecular weight excluding hydrogens is 262 g/mol. The Hall–Kier alpha value is -1.71. The van der Waals surface area contributed by atoms with E-state index in [2.05, 4.69) is 0 Å². The number of benzene rings is 1. The van der Waals surface area contributed by atoms with E-state index in [1.165, 1.54) is 7.05 Å². The van der Waals surface area contributed by atoms with Crippen LogP contribution in [0.15, 0.2) is 23.1 Å². The number of hydrogen-bond acceptors (Lipinski definition) is 6. The number of rotatable bonds is 5. The highest BCUT2D eigenvalue weighted by Gasteiger charge is 2.24. The second-order valence-corrected chi connectivity index (χ2v) is 5.57. The van der Waals surface area contributed by atoms with Crippen molar-refractivity contribution >= 4 is 15.7 Å². The summed E-state index contributed by atoms with van der Waals surface area (Å²) in [5.74, 6) is -0.583. The van der Waals surface area contributed by atoms with Crippen LogP contribution in [0.2, 0.25) is 0 Å². The van der Waals surface area contributed by atoms with E-state index < -0.39 is 26.4 Å². The lowest BCUT2D eigenvalue weighted by Crippen LogP contribution is -2.31. The molecule has 1 aromatic rings. The van der Waals surface area contributed by atoms with Gasteiger partial charge in [-0.25, -0.2) is 8.42 Å². The smallest absolute Gasteiger partial charge is 0.312 e. The van der Waals surface area contributed by atoms with Crippen molar-refractivity contribution in [3.63, 3.8) is 0 Å². The molecule has 8 nitrogen and oxygen atoms in total. The Labute approximate surface area is 104 Å². The van der Waals surface area contributed by atoms with Gasteiger partial charge in [0.25, 0.3) is 0 Å². The van der Waals surface area contributed by atoms with E-state index in [1.54, 1.807) is 0 Å². The van der Waals surface area contributed by atoms with Gasteiger partial charge in [0.05, 0.1) is 9.82 Å². The maximum Gasteiger partial charge on any atom is 0.312 e. The van der Waals surface area contributed by atoms with Crippen LogP contribution < -0.4 is 5.73 Å². The molecule has 0 saturated heterocycles. The number of nitrogens with two attached hydrogens (primary N) is 1. The van der Waals surface area contributed by atoms with Gasteiger partial charge < -0.3 is 10.8 Å². The van der Waals surface area contributed by atoms with E-state index in [0.717, 1.165) is 22.5 Å². The summed E-state index contributed by atoms with van der Waals surface area (Å²) in [6, 6.07) is 2.89. The molecular formula is C9H13N3O5S. The van der Waals surface area contributed by atoms with Crippen molar-refractivity contribution in [3.05, 3.63) is 28.3 Å². The van der Waals surface area contributed by atoms with Gasteiger partial charge in [-0.1, -0.05) is 0 Å². The molecule has 18 heavy (non-hydrogen) atoms. The summed E-state index contributed by atoms with van der Waals surface area (Å²) in [6.07, 6.45) is 0. The molecule has 0 aliphatic carbocycles. The first-order valence-corrected chi connectivity index (χ1v) is 6.38. The molecule has 1 rings (SSSR count). The third-order valence-corrected chi connectivity index (χ3v) is 4.15. The van der Waals surface area contributed by atoms with Crippen LogP contribution in [0.25, 0.3) is 0 Å². The molecule has 0 amide bonds. The maximum atomic E-state index is 12.0. The molecule has 0 aliphatic heterocycles. The predicted molar refractivity (Wildman–Crippen MR) is 63.6 cm³/mol. The van der Waals surface area contributed by atoms with Gasteiger partial charge in [-0.3, -0.25) is 10.1 Å². The molecule has 0 unspecified atom stereocenters. The molecule has 0 heterocycles. The van der Waals surface area contributed by atoms with E-state index in [4.69, 9.17) is 5.73 Å². The summed E-state index contributed by atoms with van der Waals surface area (Å²) >= 11 is 0. The molecule has 0 aromatic heterocycles. The van der Waals surface area contributed by atoms with Crippen LogP contribution in [0, 0.1) is 10.1 Å². The number of sulfonamides is 1. The lowest BCUT2D eigenvalue weighted by atomic mass is 10.3. The third kappa shape index (κ3) is 2.75. The second-order valence-electron chi connectivity index (χ2n) is 3.52. The average Bonchev–Trinajstić information content (AvgIpc) is 2.29. The van der Waals surface area contributed by atoms with Crippen molar-refractivity contribution < 1.29 is 18.4 Å². The number of nitro benzene ring substituents is 1. The Kier molecular flexibility index (Phi) is 4.22. The highest BCUT2D eigenvalue weighted by Crippen LogP contribution is 2.29. The summed E-state index contributed by atoms with van der Waals surface area (Å²) in [6.45, 7) is 0.229. The molecule has 0 atom stereocenters. The molecule has 9 heteroatoms. The highest BCUT2D eigenvalue weighted by atomic mass is 32.2. The normalized spacial score (nSPS) is 11.7. The molecule has 0 bridgehead atoms. The van der Waals surface area contributed by atoms with E-state index >= 15 is 0 Å². The van der Waals surface area contributed by atoms with Crippen LogP contribution in [0.4, 0.5) is 5.69 Å². The number of nitrogens with zero attached hydrogens (tertiary/aromatic N) is 2. The summed E-state index contributed by atoms with van der Waals surface area (Å²) in [4.78, 5) is 9.50. The highest BCUT2D eigenvalue weighted by molar-refractivity contribution is 7.89. The fourth-order valence-corrected chi connectivity index (χ4v) is 2.50. The first kappa shape index (κ1) is 14.4. The first-order chi connectivity index (χ1) is 8.30. The molecule has 3 N–H and O–H groups in total. The van der Waals surface area contributed by atoms with Crippen molar-refractivity contribution in [1.29, 1.82) is 0 Å². The number of aromatic hydroxyl groups is 1. The number of nitro groups is 1. The van der Waals surface area contributed by atoms with Crippen molar-refractivity contribution in [2.75, 3.05) is 20.1 Å². The zero-order valence-corrected chi connectivity index (χ0v) is 10.4. The molecule has 0 saturated carbocycles. The summed E-state index contributed by atoms with van der Waals surface area (Å²) in [5.41, 5.74) is 4.60. The van der Waals surface area contributed by atoms with Crippen LogP contribution >= 0.6 is 0 Å². The minimum Gasteiger partial charge on any atom is -0.502 e. The van der Waals surface area contributed by atoms with Gasteiger partial charge in [-0.2, -0.15) is 4.31 Å². The molecule has 0 fully saturated rings. The number of hydrogen-bond donors (Lipinski definition) is 2. The van der Waals surface area contributed by atoms with Crippen LogP contribution in [0.5, 0.6) is 5.75 Å². The molecule has 1 aromatic carbocycles. The quantitative estimate of drug-likeness (QED) is 0.569. The van der Waals surface area contributed by atoms with Gasteiger partial charge in [-0.15, -0.1) is 0 Å². The maximum absolute atomic E-state index is 12.0. The number of phenols is 1. The van der Waals surface area contributed by atoms with Crippen LogP contribution in [0.1, 0.15) is 0 Å². The number of likely N-dealkylation sites (N-methyl/N-ethyl adjacent to an activating group) is 1. The number of phenolic OH excluding ortho intramolecular Hbond substituents is 1. The van der Waals surface area contributed by atoms with Gasteiger partial charge in [0.15, 0.2) is 5.75 Å². The van der Waals surface area contributed by atoms with Crippen molar-refractivity contribution in [2.24, 2.45) is 5.73 Å². The summed E-state index contributed by atoms with van der Waals surface area (Å²) in [7, 11) is -2.52. The molecule has 100 valence electrons. The lowest BCUT2D eigenvalue weighted by molar-refractivity contribution is -0.386. The summed E-state index contributed by atoms with van der Waals surface area (Å²) < 4.78 is 24.9. The van der Waals surface area contributed by atoms with Crippen LogP contribution in [0.3, 0.4) is 0 Å². The second kappa shape index (κ2) is 5.29. The Bertz CT molecular complexity index is 557. The summed E-state index contributed by atoms with van der Waals surface area (Å²) in [5, 5.41) is 19.9. The van der Waals surface area contributed by atoms with Gasteiger partial charge in [0.2, 0.25) is 10.0 Å². The fourth-order valence-electron chi connectivity index (χ4n) is 1.29. The minimum absolute atomic E-state index is 0.0943. The first-order valence-electron chi connectivity index (χ1n) is 4.94. The van der Waals surface area contributed by atoms with Crippen LogP contribution in [-0.2, 0) is 10.0 Å². The topological polar surface area (TPSA) is 127 Å². The van der Waals surface area contributed by atoms with E-state index in [0.29, 0.717) is 0 Å². The van der Waals surface area contributed by atoms with Gasteiger partial charge in [0.1, 0.15) is 0 Å². The largest absolute Gasteiger partial charge is 0.502 e. The van der Waals surface area contributed by atoms with E-state index in [-0.39, 0.29) is 18.0 Å². The average molecular weight is 275 g/mol. The monoisotopic (exact) mass is 275 g/mol. The SMILES string of the molecule is CN(CCN)S(=O)(=O)c1ccc(O)c([N+](=O)[O-])c1. The predicted octanol–water partition coefficient (Wildman–Crippen LogP) is -0.120. The molecule has 0 radical (unpaired) electrons. The van der Waals surface area contributed by atoms with Crippen molar-refractivity contribution in [3.8, 4) is 5.75 Å². The van der Waals surface area contributed by atoms with Gasteiger partial charge >= 0.3 is 5.69 Å². The Morgan fingerprint density at radius 2 is 2.11 bits per heavy atom. The van der Waals surface area contributed by atoms with Crippen molar-refractivity contribution in [2.45, 2.75) is 4.90 Å². The standard InChI is InChI=1S/C9H13N3O5S/c1-11(5-4-10)18(16,17)7-2-3-9(13)8(6-7)12(14)15/h2-3,6,13H,4-5,10H2,1H3. The van der Waals surface area contributed by atoms with E-state index in [1.807, 2.05) is 0 Å². The van der Waals surface area contributed by atoms with Gasteiger partial charge in [0, 0.05) is 26.2 Å². The Balaban J connectivity index is 3.26. The third-order valence-electron chi connectivity index (χ3n) is 2.30. The fraction of sp³-hybridized carbons (Fsp3) is 0.333. The Morgan fingerprint density at radius 3 is 2.61 bits per heavy atom.